The highest BCUT2D eigenvalue weighted by atomic mass is 32.1. The Balaban J connectivity index is 2.52. The molecule has 0 amide bonds. The summed E-state index contributed by atoms with van der Waals surface area (Å²) in [6.07, 6.45) is 0. The van der Waals surface area contributed by atoms with Crippen LogP contribution >= 0.6 is 11.3 Å². The summed E-state index contributed by atoms with van der Waals surface area (Å²) in [5, 5.41) is 5.07. The van der Waals surface area contributed by atoms with E-state index in [2.05, 4.69) is 5.32 Å². The fraction of sp³-hybridized carbons (Fsp3) is 0.286. The number of nitrogens with one attached hydrogen (secondary N) is 1. The molecule has 1 aromatic carbocycles. The standard InChI is InChI=1S/C14H15F2NS/c1-8-6-11(13(16)7-12(8)15)14(17-3)10-4-5-18-9(10)2/h4-7,14,17H,1-3H3. The summed E-state index contributed by atoms with van der Waals surface area (Å²) < 4.78 is 27.2. The highest BCUT2D eigenvalue weighted by Gasteiger charge is 2.20. The van der Waals surface area contributed by atoms with Gasteiger partial charge in [0.2, 0.25) is 0 Å². The SMILES string of the molecule is CNC(c1cc(C)c(F)cc1F)c1ccsc1C. The van der Waals surface area contributed by atoms with E-state index in [1.807, 2.05) is 18.4 Å². The predicted molar refractivity (Wildman–Crippen MR) is 71.1 cm³/mol. The molecule has 1 N–H and O–H groups in total. The van der Waals surface area contributed by atoms with Crippen molar-refractivity contribution in [1.82, 2.24) is 5.32 Å². The fourth-order valence-electron chi connectivity index (χ4n) is 2.07. The molecule has 1 nitrogen and oxygen atoms in total. The molecule has 4 heteroatoms. The molecule has 0 aliphatic carbocycles. The summed E-state index contributed by atoms with van der Waals surface area (Å²) in [4.78, 5) is 1.13. The van der Waals surface area contributed by atoms with Gasteiger partial charge in [0.15, 0.2) is 0 Å². The van der Waals surface area contributed by atoms with Gasteiger partial charge in [0.25, 0.3) is 0 Å². The van der Waals surface area contributed by atoms with Crippen molar-refractivity contribution in [2.75, 3.05) is 7.05 Å². The van der Waals surface area contributed by atoms with Crippen molar-refractivity contribution < 1.29 is 8.78 Å². The maximum Gasteiger partial charge on any atom is 0.131 e. The number of rotatable bonds is 3. The lowest BCUT2D eigenvalue weighted by Crippen LogP contribution is -2.19. The Bertz CT molecular complexity index is 563. The first-order chi connectivity index (χ1) is 8.54. The summed E-state index contributed by atoms with van der Waals surface area (Å²) >= 11 is 1.62. The Labute approximate surface area is 109 Å². The van der Waals surface area contributed by atoms with Crippen LogP contribution in [0, 0.1) is 25.5 Å². The van der Waals surface area contributed by atoms with Crippen LogP contribution in [0.1, 0.15) is 27.6 Å². The van der Waals surface area contributed by atoms with Crippen LogP contribution in [0.4, 0.5) is 8.78 Å². The Kier molecular flexibility index (Phi) is 3.78. The van der Waals surface area contributed by atoms with Gasteiger partial charge >= 0.3 is 0 Å². The maximum absolute atomic E-state index is 13.9. The van der Waals surface area contributed by atoms with Gasteiger partial charge in [-0.25, -0.2) is 8.78 Å². The van der Waals surface area contributed by atoms with Crippen LogP contribution in [0.25, 0.3) is 0 Å². The van der Waals surface area contributed by atoms with Gasteiger partial charge in [0.1, 0.15) is 11.6 Å². The van der Waals surface area contributed by atoms with Crippen LogP contribution in [0.5, 0.6) is 0 Å². The number of thiophene rings is 1. The van der Waals surface area contributed by atoms with Crippen LogP contribution in [0.15, 0.2) is 23.6 Å². The largest absolute Gasteiger partial charge is 0.309 e. The second-order valence-corrected chi connectivity index (χ2v) is 5.40. The Hall–Kier alpha value is -1.26. The Morgan fingerprint density at radius 3 is 2.39 bits per heavy atom. The summed E-state index contributed by atoms with van der Waals surface area (Å²) in [6, 6.07) is 4.26. The molecular formula is C14H15F2NS. The first kappa shape index (κ1) is 13.2. The molecule has 1 aromatic heterocycles. The molecule has 0 fully saturated rings. The van der Waals surface area contributed by atoms with Crippen LogP contribution in [0.2, 0.25) is 0 Å². The summed E-state index contributed by atoms with van der Waals surface area (Å²) in [6.45, 7) is 3.64. The molecule has 1 heterocycles. The van der Waals surface area contributed by atoms with Crippen LogP contribution in [0.3, 0.4) is 0 Å². The van der Waals surface area contributed by atoms with Gasteiger partial charge < -0.3 is 5.32 Å². The molecule has 0 aliphatic heterocycles. The van der Waals surface area contributed by atoms with Gasteiger partial charge in [0.05, 0.1) is 6.04 Å². The van der Waals surface area contributed by atoms with E-state index in [0.717, 1.165) is 16.5 Å². The second kappa shape index (κ2) is 5.16. The average Bonchev–Trinajstić information content (AvgIpc) is 2.73. The molecule has 0 aliphatic rings. The van der Waals surface area contributed by atoms with Crippen molar-refractivity contribution in [3.63, 3.8) is 0 Å². The van der Waals surface area contributed by atoms with Gasteiger partial charge in [-0.3, -0.25) is 0 Å². The number of benzene rings is 1. The van der Waals surface area contributed by atoms with Crippen LogP contribution in [-0.2, 0) is 0 Å². The minimum absolute atomic E-state index is 0.240. The molecular weight excluding hydrogens is 252 g/mol. The maximum atomic E-state index is 13.9. The molecule has 1 unspecified atom stereocenters. The number of halogens is 2. The zero-order chi connectivity index (χ0) is 13.3. The normalized spacial score (nSPS) is 12.7. The van der Waals surface area contributed by atoms with Gasteiger partial charge in [-0.15, -0.1) is 11.3 Å². The van der Waals surface area contributed by atoms with Crippen molar-refractivity contribution in [1.29, 1.82) is 0 Å². The van der Waals surface area contributed by atoms with E-state index in [4.69, 9.17) is 0 Å². The number of hydrogen-bond donors (Lipinski definition) is 1. The smallest absolute Gasteiger partial charge is 0.131 e. The monoisotopic (exact) mass is 267 g/mol. The van der Waals surface area contributed by atoms with Gasteiger partial charge in [-0.1, -0.05) is 0 Å². The van der Waals surface area contributed by atoms with Crippen molar-refractivity contribution in [2.45, 2.75) is 19.9 Å². The molecule has 0 spiro atoms. The lowest BCUT2D eigenvalue weighted by Gasteiger charge is -2.18. The molecule has 0 saturated carbocycles. The van der Waals surface area contributed by atoms with E-state index < -0.39 is 11.6 Å². The topological polar surface area (TPSA) is 12.0 Å². The van der Waals surface area contributed by atoms with Gasteiger partial charge in [-0.2, -0.15) is 0 Å². The Morgan fingerprint density at radius 1 is 1.11 bits per heavy atom. The van der Waals surface area contributed by atoms with Gasteiger partial charge in [-0.05, 0) is 49.5 Å². The predicted octanol–water partition coefficient (Wildman–Crippen LogP) is 3.95. The molecule has 2 aromatic rings. The van der Waals surface area contributed by atoms with E-state index in [1.165, 1.54) is 0 Å². The molecule has 96 valence electrons. The molecule has 0 radical (unpaired) electrons. The van der Waals surface area contributed by atoms with Crippen molar-refractivity contribution >= 4 is 11.3 Å². The van der Waals surface area contributed by atoms with E-state index >= 15 is 0 Å². The molecule has 0 bridgehead atoms. The van der Waals surface area contributed by atoms with Crippen LogP contribution < -0.4 is 5.32 Å². The van der Waals surface area contributed by atoms with E-state index in [0.29, 0.717) is 11.1 Å². The third kappa shape index (κ3) is 2.31. The molecule has 2 rings (SSSR count). The molecule has 18 heavy (non-hydrogen) atoms. The minimum atomic E-state index is -0.511. The van der Waals surface area contributed by atoms with Gasteiger partial charge in [0, 0.05) is 16.5 Å². The third-order valence-electron chi connectivity index (χ3n) is 3.09. The number of hydrogen-bond acceptors (Lipinski definition) is 2. The molecule has 1 atom stereocenters. The lowest BCUT2D eigenvalue weighted by molar-refractivity contribution is 0.547. The summed E-state index contributed by atoms with van der Waals surface area (Å²) in [7, 11) is 1.78. The fourth-order valence-corrected chi connectivity index (χ4v) is 2.81. The summed E-state index contributed by atoms with van der Waals surface area (Å²) in [5.41, 5.74) is 1.98. The van der Waals surface area contributed by atoms with E-state index in [-0.39, 0.29) is 6.04 Å². The minimum Gasteiger partial charge on any atom is -0.309 e. The third-order valence-corrected chi connectivity index (χ3v) is 3.95. The van der Waals surface area contributed by atoms with Crippen LogP contribution in [-0.4, -0.2) is 7.05 Å². The highest BCUT2D eigenvalue weighted by molar-refractivity contribution is 7.10. The highest BCUT2D eigenvalue weighted by Crippen LogP contribution is 2.30. The number of aryl methyl sites for hydroxylation is 2. The zero-order valence-electron chi connectivity index (χ0n) is 10.6. The second-order valence-electron chi connectivity index (χ2n) is 4.28. The quantitative estimate of drug-likeness (QED) is 0.887. The first-order valence-electron chi connectivity index (χ1n) is 5.71. The van der Waals surface area contributed by atoms with Crippen molar-refractivity contribution in [3.05, 3.63) is 56.8 Å². The van der Waals surface area contributed by atoms with E-state index in [9.17, 15) is 8.78 Å². The lowest BCUT2D eigenvalue weighted by atomic mass is 9.97. The molecule has 0 saturated heterocycles. The first-order valence-corrected chi connectivity index (χ1v) is 6.59. The van der Waals surface area contributed by atoms with Crippen molar-refractivity contribution in [3.8, 4) is 0 Å². The van der Waals surface area contributed by atoms with Crippen molar-refractivity contribution in [2.24, 2.45) is 0 Å². The average molecular weight is 267 g/mol. The zero-order valence-corrected chi connectivity index (χ0v) is 11.4. The van der Waals surface area contributed by atoms with E-state index in [1.54, 1.807) is 31.4 Å². The summed E-state index contributed by atoms with van der Waals surface area (Å²) in [5.74, 6) is -1.02. The Morgan fingerprint density at radius 2 is 1.83 bits per heavy atom.